The first kappa shape index (κ1) is 18.7. The number of hydrogen-bond acceptors (Lipinski definition) is 6. The van der Waals surface area contributed by atoms with Crippen LogP contribution in [0.3, 0.4) is 0 Å². The second-order valence-corrected chi connectivity index (χ2v) is 7.61. The Morgan fingerprint density at radius 1 is 1.23 bits per heavy atom. The summed E-state index contributed by atoms with van der Waals surface area (Å²) in [6.07, 6.45) is 0. The molecule has 2 aliphatic rings. The Morgan fingerprint density at radius 3 is 2.58 bits per heavy atom. The normalized spacial score (nSPS) is 22.4. The predicted molar refractivity (Wildman–Crippen MR) is 101 cm³/mol. The summed E-state index contributed by atoms with van der Waals surface area (Å²) >= 11 is 1.42. The van der Waals surface area contributed by atoms with Crippen molar-refractivity contribution in [2.24, 2.45) is 4.99 Å². The van der Waals surface area contributed by atoms with Crippen molar-refractivity contribution >= 4 is 28.8 Å². The van der Waals surface area contributed by atoms with E-state index < -0.39 is 12.0 Å². The van der Waals surface area contributed by atoms with E-state index in [1.807, 2.05) is 38.1 Å². The minimum Gasteiger partial charge on any atom is -0.460 e. The molecule has 0 saturated carbocycles. The lowest BCUT2D eigenvalue weighted by Gasteiger charge is -2.33. The fourth-order valence-electron chi connectivity index (χ4n) is 3.02. The first-order valence-electron chi connectivity index (χ1n) is 8.46. The maximum absolute atomic E-state index is 12.8. The van der Waals surface area contributed by atoms with E-state index in [-0.39, 0.29) is 17.8 Å². The molecule has 3 rings (SSSR count). The van der Waals surface area contributed by atoms with Crippen LogP contribution in [0.1, 0.15) is 31.0 Å². The summed E-state index contributed by atoms with van der Waals surface area (Å²) < 4.78 is 10.3. The van der Waals surface area contributed by atoms with Gasteiger partial charge in [0, 0.05) is 7.11 Å². The van der Waals surface area contributed by atoms with Gasteiger partial charge in [-0.3, -0.25) is 9.69 Å². The van der Waals surface area contributed by atoms with Gasteiger partial charge in [-0.05, 0) is 26.3 Å². The van der Waals surface area contributed by atoms with Crippen molar-refractivity contribution in [1.29, 1.82) is 0 Å². The topological polar surface area (TPSA) is 68.2 Å². The molecular formula is C19H22N2O4S. The maximum atomic E-state index is 12.8. The van der Waals surface area contributed by atoms with Crippen molar-refractivity contribution in [3.8, 4) is 0 Å². The van der Waals surface area contributed by atoms with E-state index >= 15 is 0 Å². The van der Waals surface area contributed by atoms with Gasteiger partial charge in [0.15, 0.2) is 5.17 Å². The monoisotopic (exact) mass is 374 g/mol. The van der Waals surface area contributed by atoms with E-state index in [2.05, 4.69) is 4.99 Å². The zero-order chi connectivity index (χ0) is 18.8. The second kappa shape index (κ2) is 7.63. The number of rotatable bonds is 5. The number of aryl methyl sites for hydroxylation is 1. The number of amides is 1. The fourth-order valence-corrected chi connectivity index (χ4v) is 4.05. The minimum atomic E-state index is -0.525. The van der Waals surface area contributed by atoms with Gasteiger partial charge >= 0.3 is 5.97 Å². The number of benzene rings is 1. The van der Waals surface area contributed by atoms with Crippen LogP contribution in [-0.4, -0.2) is 47.5 Å². The molecule has 6 nitrogen and oxygen atoms in total. The third-order valence-corrected chi connectivity index (χ3v) is 5.45. The number of aliphatic imine (C=N–C) groups is 1. The van der Waals surface area contributed by atoms with Crippen molar-refractivity contribution in [1.82, 2.24) is 4.90 Å². The van der Waals surface area contributed by atoms with Crippen LogP contribution in [0.5, 0.6) is 0 Å². The smallest absolute Gasteiger partial charge is 0.338 e. The molecule has 2 heterocycles. The van der Waals surface area contributed by atoms with Gasteiger partial charge in [0.05, 0.1) is 29.2 Å². The molecule has 0 bridgehead atoms. The van der Waals surface area contributed by atoms with E-state index in [1.54, 1.807) is 18.9 Å². The second-order valence-electron chi connectivity index (χ2n) is 6.30. The highest BCUT2D eigenvalue weighted by Crippen LogP contribution is 2.43. The summed E-state index contributed by atoms with van der Waals surface area (Å²) in [6.45, 7) is 6.11. The Hall–Kier alpha value is -2.12. The number of nitrogens with zero attached hydrogens (tertiary/aromatic N) is 2. The third kappa shape index (κ3) is 3.41. The van der Waals surface area contributed by atoms with Crippen molar-refractivity contribution in [2.75, 3.05) is 20.3 Å². The van der Waals surface area contributed by atoms with Gasteiger partial charge in [0.2, 0.25) is 5.91 Å². The summed E-state index contributed by atoms with van der Waals surface area (Å²) in [5.74, 6) is -0.515. The Bertz CT molecular complexity index is 785. The highest BCUT2D eigenvalue weighted by molar-refractivity contribution is 8.15. The zero-order valence-corrected chi connectivity index (χ0v) is 16.1. The lowest BCUT2D eigenvalue weighted by atomic mass is 9.93. The predicted octanol–water partition coefficient (Wildman–Crippen LogP) is 2.83. The number of thioether (sulfide) groups is 1. The highest BCUT2D eigenvalue weighted by Gasteiger charge is 2.46. The Labute approximate surface area is 157 Å². The van der Waals surface area contributed by atoms with Crippen LogP contribution in [-0.2, 0) is 19.1 Å². The van der Waals surface area contributed by atoms with E-state index in [4.69, 9.17) is 9.47 Å². The molecule has 7 heteroatoms. The molecular weight excluding hydrogens is 352 g/mol. The summed E-state index contributed by atoms with van der Waals surface area (Å²) in [5, 5.41) is 0.414. The van der Waals surface area contributed by atoms with Gasteiger partial charge in [0.1, 0.15) is 6.61 Å². The van der Waals surface area contributed by atoms with Crippen LogP contribution in [0.4, 0.5) is 0 Å². The molecule has 1 aromatic rings. The molecule has 0 aliphatic carbocycles. The van der Waals surface area contributed by atoms with Crippen LogP contribution < -0.4 is 0 Å². The van der Waals surface area contributed by atoms with Gasteiger partial charge in [-0.25, -0.2) is 9.79 Å². The van der Waals surface area contributed by atoms with Gasteiger partial charge in [-0.15, -0.1) is 0 Å². The molecule has 2 atom stereocenters. The van der Waals surface area contributed by atoms with Crippen molar-refractivity contribution in [2.45, 2.75) is 32.1 Å². The lowest BCUT2D eigenvalue weighted by Crippen LogP contribution is -2.40. The fraction of sp³-hybridized carbons (Fsp3) is 0.421. The quantitative estimate of drug-likeness (QED) is 0.586. The summed E-state index contributed by atoms with van der Waals surface area (Å²) in [4.78, 5) is 31.6. The van der Waals surface area contributed by atoms with Crippen LogP contribution >= 0.6 is 11.8 Å². The standard InChI is InChI=1S/C19H22N2O4S/c1-11-5-7-14(8-6-11)16-15(18(23)25-10-9-24-4)12(2)20-19-21(16)17(22)13(3)26-19/h5-8,13,16H,9-10H2,1-4H3/t13-,16+/m1/s1. The number of esters is 1. The molecule has 1 saturated heterocycles. The molecule has 0 unspecified atom stereocenters. The number of hydrogen-bond donors (Lipinski definition) is 0. The number of carbonyl (C=O) groups excluding carboxylic acids is 2. The van der Waals surface area contributed by atoms with E-state index in [0.29, 0.717) is 23.0 Å². The number of methoxy groups -OCH3 is 1. The molecule has 0 radical (unpaired) electrons. The van der Waals surface area contributed by atoms with Crippen LogP contribution in [0.25, 0.3) is 0 Å². The van der Waals surface area contributed by atoms with E-state index in [1.165, 1.54) is 11.8 Å². The van der Waals surface area contributed by atoms with Crippen LogP contribution in [0, 0.1) is 6.92 Å². The van der Waals surface area contributed by atoms with Gasteiger partial charge in [0.25, 0.3) is 0 Å². The van der Waals surface area contributed by atoms with Crippen LogP contribution in [0.2, 0.25) is 0 Å². The molecule has 0 spiro atoms. The summed E-state index contributed by atoms with van der Waals surface area (Å²) in [5.41, 5.74) is 2.96. The molecule has 2 aliphatic heterocycles. The zero-order valence-electron chi connectivity index (χ0n) is 15.3. The van der Waals surface area contributed by atoms with Crippen molar-refractivity contribution in [3.63, 3.8) is 0 Å². The Kier molecular flexibility index (Phi) is 5.48. The Morgan fingerprint density at radius 2 is 1.92 bits per heavy atom. The molecule has 1 fully saturated rings. The molecule has 1 aromatic carbocycles. The largest absolute Gasteiger partial charge is 0.460 e. The molecule has 138 valence electrons. The third-order valence-electron chi connectivity index (χ3n) is 4.39. The number of amidine groups is 1. The molecule has 0 aromatic heterocycles. The van der Waals surface area contributed by atoms with Crippen molar-refractivity contribution < 1.29 is 19.1 Å². The van der Waals surface area contributed by atoms with Gasteiger partial charge < -0.3 is 9.47 Å². The lowest BCUT2D eigenvalue weighted by molar-refractivity contribution is -0.141. The number of ether oxygens (including phenoxy) is 2. The summed E-state index contributed by atoms with van der Waals surface area (Å²) in [7, 11) is 1.55. The number of allylic oxidation sites excluding steroid dienone is 1. The van der Waals surface area contributed by atoms with Crippen molar-refractivity contribution in [3.05, 3.63) is 46.7 Å². The average molecular weight is 374 g/mol. The highest BCUT2D eigenvalue weighted by atomic mass is 32.2. The first-order valence-corrected chi connectivity index (χ1v) is 9.33. The van der Waals surface area contributed by atoms with Crippen LogP contribution in [0.15, 0.2) is 40.5 Å². The minimum absolute atomic E-state index is 0.0472. The first-order chi connectivity index (χ1) is 12.4. The summed E-state index contributed by atoms with van der Waals surface area (Å²) in [6, 6.07) is 7.31. The number of carbonyl (C=O) groups is 2. The van der Waals surface area contributed by atoms with E-state index in [9.17, 15) is 9.59 Å². The number of fused-ring (bicyclic) bond motifs is 1. The average Bonchev–Trinajstić information content (AvgIpc) is 2.88. The Balaban J connectivity index is 2.03. The molecule has 26 heavy (non-hydrogen) atoms. The van der Waals surface area contributed by atoms with Gasteiger partial charge in [-0.2, -0.15) is 0 Å². The van der Waals surface area contributed by atoms with Gasteiger partial charge in [-0.1, -0.05) is 41.6 Å². The molecule has 0 N–H and O–H groups in total. The van der Waals surface area contributed by atoms with E-state index in [0.717, 1.165) is 11.1 Å². The maximum Gasteiger partial charge on any atom is 0.338 e. The SMILES string of the molecule is COCCOC(=O)C1=C(C)N=C2S[C@H](C)C(=O)N2[C@H]1c1ccc(C)cc1. The molecule has 1 amide bonds.